The lowest BCUT2D eigenvalue weighted by Gasteiger charge is -2.22. The summed E-state index contributed by atoms with van der Waals surface area (Å²) in [6.07, 6.45) is 1.76. The highest BCUT2D eigenvalue weighted by atomic mass is 127. The van der Waals surface area contributed by atoms with Gasteiger partial charge in [-0.15, -0.1) is 24.0 Å². The van der Waals surface area contributed by atoms with E-state index in [-0.39, 0.29) is 29.7 Å². The summed E-state index contributed by atoms with van der Waals surface area (Å²) in [5.74, 6) is 0.868. The van der Waals surface area contributed by atoms with E-state index in [1.54, 1.807) is 25.4 Å². The highest BCUT2D eigenvalue weighted by molar-refractivity contribution is 14.0. The van der Waals surface area contributed by atoms with Crippen LogP contribution in [0.5, 0.6) is 5.75 Å². The SMILES string of the molecule is CN=C(NCc1ncccc1C)N(C)Cc1ccc(OC(F)F)cc1.I. The van der Waals surface area contributed by atoms with E-state index in [0.717, 1.165) is 22.8 Å². The first-order valence-corrected chi connectivity index (χ1v) is 7.85. The minimum atomic E-state index is -2.81. The monoisotopic (exact) mass is 476 g/mol. The molecule has 1 heterocycles. The van der Waals surface area contributed by atoms with Gasteiger partial charge in [0.1, 0.15) is 5.75 Å². The summed E-state index contributed by atoms with van der Waals surface area (Å²) in [5, 5.41) is 3.27. The minimum absolute atomic E-state index is 0. The van der Waals surface area contributed by atoms with Gasteiger partial charge in [0.25, 0.3) is 0 Å². The topological polar surface area (TPSA) is 49.8 Å². The zero-order chi connectivity index (χ0) is 18.2. The Morgan fingerprint density at radius 2 is 1.96 bits per heavy atom. The maximum atomic E-state index is 12.2. The molecule has 0 saturated carbocycles. The average Bonchev–Trinajstić information content (AvgIpc) is 2.58. The van der Waals surface area contributed by atoms with Crippen LogP contribution in [0.3, 0.4) is 0 Å². The van der Waals surface area contributed by atoms with Crippen LogP contribution in [-0.4, -0.2) is 36.6 Å². The molecular formula is C18H23F2IN4O. The van der Waals surface area contributed by atoms with Crippen LogP contribution in [0, 0.1) is 6.92 Å². The zero-order valence-corrected chi connectivity index (χ0v) is 17.3. The number of nitrogens with one attached hydrogen (secondary N) is 1. The van der Waals surface area contributed by atoms with Crippen LogP contribution in [0.4, 0.5) is 8.78 Å². The quantitative estimate of drug-likeness (QED) is 0.392. The molecule has 0 unspecified atom stereocenters. The first-order valence-electron chi connectivity index (χ1n) is 7.85. The molecule has 0 radical (unpaired) electrons. The third kappa shape index (κ3) is 6.74. The molecular weight excluding hydrogens is 453 g/mol. The van der Waals surface area contributed by atoms with Crippen LogP contribution < -0.4 is 10.1 Å². The molecule has 1 aromatic heterocycles. The maximum Gasteiger partial charge on any atom is 0.387 e. The molecule has 0 aliphatic carbocycles. The number of rotatable bonds is 6. The van der Waals surface area contributed by atoms with E-state index < -0.39 is 6.61 Å². The zero-order valence-electron chi connectivity index (χ0n) is 14.9. The molecule has 5 nitrogen and oxygen atoms in total. The molecule has 1 N–H and O–H groups in total. The lowest BCUT2D eigenvalue weighted by atomic mass is 10.2. The molecule has 0 saturated heterocycles. The van der Waals surface area contributed by atoms with Crippen LogP contribution in [0.15, 0.2) is 47.6 Å². The van der Waals surface area contributed by atoms with Crippen LogP contribution in [-0.2, 0) is 13.1 Å². The highest BCUT2D eigenvalue weighted by Crippen LogP contribution is 2.15. The summed E-state index contributed by atoms with van der Waals surface area (Å²) < 4.78 is 28.7. The highest BCUT2D eigenvalue weighted by Gasteiger charge is 2.09. The van der Waals surface area contributed by atoms with Gasteiger partial charge >= 0.3 is 6.61 Å². The smallest absolute Gasteiger partial charge is 0.387 e. The van der Waals surface area contributed by atoms with E-state index in [4.69, 9.17) is 0 Å². The molecule has 0 aliphatic rings. The fourth-order valence-electron chi connectivity index (χ4n) is 2.38. The number of hydrogen-bond donors (Lipinski definition) is 1. The Hall–Kier alpha value is -1.97. The van der Waals surface area contributed by atoms with Gasteiger partial charge in [-0.3, -0.25) is 9.98 Å². The third-order valence-corrected chi connectivity index (χ3v) is 3.67. The Morgan fingerprint density at radius 1 is 1.27 bits per heavy atom. The fraction of sp³-hybridized carbons (Fsp3) is 0.333. The van der Waals surface area contributed by atoms with E-state index in [9.17, 15) is 8.78 Å². The summed E-state index contributed by atoms with van der Waals surface area (Å²) in [4.78, 5) is 10.6. The van der Waals surface area contributed by atoms with Gasteiger partial charge in [0.15, 0.2) is 5.96 Å². The number of pyridine rings is 1. The van der Waals surface area contributed by atoms with Gasteiger partial charge in [-0.05, 0) is 36.2 Å². The van der Waals surface area contributed by atoms with Crippen molar-refractivity contribution in [2.24, 2.45) is 4.99 Å². The molecule has 0 aliphatic heterocycles. The van der Waals surface area contributed by atoms with Crippen LogP contribution in [0.2, 0.25) is 0 Å². The van der Waals surface area contributed by atoms with Gasteiger partial charge in [0.05, 0.1) is 12.2 Å². The number of aromatic nitrogens is 1. The van der Waals surface area contributed by atoms with Crippen molar-refractivity contribution < 1.29 is 13.5 Å². The Kier molecular flexibility index (Phi) is 9.25. The molecule has 0 atom stereocenters. The Balaban J connectivity index is 0.00000338. The molecule has 8 heteroatoms. The van der Waals surface area contributed by atoms with Crippen molar-refractivity contribution in [2.45, 2.75) is 26.6 Å². The third-order valence-electron chi connectivity index (χ3n) is 3.67. The number of guanidine groups is 1. The van der Waals surface area contributed by atoms with Crippen molar-refractivity contribution in [2.75, 3.05) is 14.1 Å². The number of hydrogen-bond acceptors (Lipinski definition) is 3. The molecule has 2 rings (SSSR count). The van der Waals surface area contributed by atoms with Gasteiger partial charge in [0.2, 0.25) is 0 Å². The predicted octanol–water partition coefficient (Wildman–Crippen LogP) is 3.82. The Bertz CT molecular complexity index is 711. The van der Waals surface area contributed by atoms with Gasteiger partial charge in [0, 0.05) is 26.8 Å². The van der Waals surface area contributed by atoms with Crippen molar-refractivity contribution in [3.63, 3.8) is 0 Å². The predicted molar refractivity (Wildman–Crippen MR) is 109 cm³/mol. The first kappa shape index (κ1) is 22.1. The van der Waals surface area contributed by atoms with Crippen molar-refractivity contribution in [3.05, 3.63) is 59.4 Å². The first-order chi connectivity index (χ1) is 12.0. The molecule has 0 fully saturated rings. The molecule has 26 heavy (non-hydrogen) atoms. The normalized spacial score (nSPS) is 11.1. The summed E-state index contributed by atoms with van der Waals surface area (Å²) in [6.45, 7) is 0.354. The van der Waals surface area contributed by atoms with Gasteiger partial charge in [-0.1, -0.05) is 18.2 Å². The van der Waals surface area contributed by atoms with Crippen LogP contribution in [0.1, 0.15) is 16.8 Å². The van der Waals surface area contributed by atoms with Crippen LogP contribution in [0.25, 0.3) is 0 Å². The van der Waals surface area contributed by atoms with E-state index >= 15 is 0 Å². The Morgan fingerprint density at radius 3 is 2.54 bits per heavy atom. The molecule has 0 spiro atoms. The largest absolute Gasteiger partial charge is 0.435 e. The van der Waals surface area contributed by atoms with Crippen LogP contribution >= 0.6 is 24.0 Å². The van der Waals surface area contributed by atoms with Crippen molar-refractivity contribution >= 4 is 29.9 Å². The van der Waals surface area contributed by atoms with Gasteiger partial charge < -0.3 is 15.0 Å². The number of alkyl halides is 2. The average molecular weight is 476 g/mol. The number of nitrogens with zero attached hydrogens (tertiary/aromatic N) is 3. The minimum Gasteiger partial charge on any atom is -0.435 e. The number of halogens is 3. The van der Waals surface area contributed by atoms with E-state index in [1.165, 1.54) is 12.1 Å². The summed E-state index contributed by atoms with van der Waals surface area (Å²) in [5.41, 5.74) is 3.04. The molecule has 0 bridgehead atoms. The van der Waals surface area contributed by atoms with E-state index in [0.29, 0.717) is 13.1 Å². The standard InChI is InChI=1S/C18H22F2N4O.HI/c1-13-5-4-10-22-16(13)11-23-18(21-2)24(3)12-14-6-8-15(9-7-14)25-17(19)20;/h4-10,17H,11-12H2,1-3H3,(H,21,23);1H. The maximum absolute atomic E-state index is 12.2. The Labute approximate surface area is 169 Å². The second-order valence-electron chi connectivity index (χ2n) is 5.55. The fourth-order valence-corrected chi connectivity index (χ4v) is 2.38. The lowest BCUT2D eigenvalue weighted by molar-refractivity contribution is -0.0498. The summed E-state index contributed by atoms with van der Waals surface area (Å²) in [6, 6.07) is 10.5. The molecule has 2 aromatic rings. The van der Waals surface area contributed by atoms with Gasteiger partial charge in [-0.2, -0.15) is 8.78 Å². The lowest BCUT2D eigenvalue weighted by Crippen LogP contribution is -2.38. The van der Waals surface area contributed by atoms with Gasteiger partial charge in [-0.25, -0.2) is 0 Å². The number of ether oxygens (including phenoxy) is 1. The summed E-state index contributed by atoms with van der Waals surface area (Å²) in [7, 11) is 3.62. The molecule has 142 valence electrons. The second-order valence-corrected chi connectivity index (χ2v) is 5.55. The van der Waals surface area contributed by atoms with Crippen molar-refractivity contribution in [1.82, 2.24) is 15.2 Å². The molecule has 1 aromatic carbocycles. The van der Waals surface area contributed by atoms with E-state index in [1.807, 2.05) is 31.0 Å². The number of benzene rings is 1. The van der Waals surface area contributed by atoms with Crippen molar-refractivity contribution in [3.8, 4) is 5.75 Å². The number of aryl methyl sites for hydroxylation is 1. The second kappa shape index (κ2) is 10.9. The van der Waals surface area contributed by atoms with E-state index in [2.05, 4.69) is 20.0 Å². The van der Waals surface area contributed by atoms with Crippen molar-refractivity contribution in [1.29, 1.82) is 0 Å². The summed E-state index contributed by atoms with van der Waals surface area (Å²) >= 11 is 0. The molecule has 0 amide bonds. The number of aliphatic imine (C=N–C) groups is 1.